The second-order valence-corrected chi connectivity index (χ2v) is 2.86. The van der Waals surface area contributed by atoms with Crippen molar-refractivity contribution in [3.8, 4) is 0 Å². The molecule has 0 saturated heterocycles. The normalized spacial score (nSPS) is 12.7. The van der Waals surface area contributed by atoms with Gasteiger partial charge in [-0.1, -0.05) is 6.08 Å². The molecule has 0 rings (SSSR count). The fourth-order valence-electron chi connectivity index (χ4n) is 0.370. The van der Waals surface area contributed by atoms with E-state index in [1.54, 1.807) is 13.8 Å². The van der Waals surface area contributed by atoms with Gasteiger partial charge >= 0.3 is 0 Å². The molecule has 0 unspecified atom stereocenters. The largest absolute Gasteiger partial charge is 0.289 e. The number of allylic oxidation sites excluding steroid dienone is 1. The SMILES string of the molecule is C/C=C/S(=O)(=O)OCC. The second-order valence-electron chi connectivity index (χ2n) is 1.37. The van der Waals surface area contributed by atoms with Crippen molar-refractivity contribution in [2.75, 3.05) is 6.61 Å². The van der Waals surface area contributed by atoms with E-state index in [1.165, 1.54) is 6.08 Å². The third kappa shape index (κ3) is 4.17. The van der Waals surface area contributed by atoms with Gasteiger partial charge in [-0.2, -0.15) is 8.42 Å². The van der Waals surface area contributed by atoms with Gasteiger partial charge in [-0.3, -0.25) is 4.18 Å². The molecule has 0 spiro atoms. The first-order chi connectivity index (χ1) is 4.12. The van der Waals surface area contributed by atoms with Gasteiger partial charge in [0.2, 0.25) is 0 Å². The Morgan fingerprint density at radius 1 is 1.56 bits per heavy atom. The quantitative estimate of drug-likeness (QED) is 0.561. The van der Waals surface area contributed by atoms with E-state index in [-0.39, 0.29) is 6.61 Å². The van der Waals surface area contributed by atoms with Crippen LogP contribution in [-0.2, 0) is 14.3 Å². The molecule has 0 aliphatic heterocycles. The van der Waals surface area contributed by atoms with Gasteiger partial charge in [-0.25, -0.2) is 0 Å². The maximum atomic E-state index is 10.5. The van der Waals surface area contributed by atoms with Crippen molar-refractivity contribution < 1.29 is 12.6 Å². The summed E-state index contributed by atoms with van der Waals surface area (Å²) < 4.78 is 25.4. The summed E-state index contributed by atoms with van der Waals surface area (Å²) in [4.78, 5) is 0. The molecule has 0 atom stereocenters. The molecule has 54 valence electrons. The highest BCUT2D eigenvalue weighted by molar-refractivity contribution is 7.89. The van der Waals surface area contributed by atoms with E-state index in [9.17, 15) is 8.42 Å². The van der Waals surface area contributed by atoms with Crippen LogP contribution in [0.1, 0.15) is 13.8 Å². The lowest BCUT2D eigenvalue weighted by molar-refractivity contribution is 0.345. The molecule has 0 aliphatic rings. The van der Waals surface area contributed by atoms with Crippen LogP contribution in [0.5, 0.6) is 0 Å². The summed E-state index contributed by atoms with van der Waals surface area (Å²) in [6, 6.07) is 0. The summed E-state index contributed by atoms with van der Waals surface area (Å²) in [7, 11) is -3.36. The monoisotopic (exact) mass is 150 g/mol. The van der Waals surface area contributed by atoms with Crippen LogP contribution in [0.25, 0.3) is 0 Å². The van der Waals surface area contributed by atoms with Crippen LogP contribution in [0, 0.1) is 0 Å². The molecule has 0 amide bonds. The Kier molecular flexibility index (Phi) is 3.49. The van der Waals surface area contributed by atoms with E-state index in [0.717, 1.165) is 5.41 Å². The molecule has 4 heteroatoms. The van der Waals surface area contributed by atoms with Crippen LogP contribution in [0.15, 0.2) is 11.5 Å². The molecule has 0 N–H and O–H groups in total. The molecular weight excluding hydrogens is 140 g/mol. The van der Waals surface area contributed by atoms with E-state index in [4.69, 9.17) is 0 Å². The van der Waals surface area contributed by atoms with Gasteiger partial charge in [0, 0.05) is 0 Å². The molecule has 9 heavy (non-hydrogen) atoms. The zero-order valence-corrected chi connectivity index (χ0v) is 6.31. The molecule has 0 aromatic rings. The molecular formula is C5H10O3S. The average Bonchev–Trinajstić information content (AvgIpc) is 1.64. The third-order valence-corrected chi connectivity index (χ3v) is 1.75. The molecule has 0 bridgehead atoms. The third-order valence-electron chi connectivity index (χ3n) is 0.585. The lowest BCUT2D eigenvalue weighted by atomic mass is 10.8. The summed E-state index contributed by atoms with van der Waals surface area (Å²) in [6.07, 6.45) is 1.42. The summed E-state index contributed by atoms with van der Waals surface area (Å²) in [5, 5.41) is 1.02. The fourth-order valence-corrected chi connectivity index (χ4v) is 1.11. The average molecular weight is 150 g/mol. The van der Waals surface area contributed by atoms with Crippen LogP contribution < -0.4 is 0 Å². The number of rotatable bonds is 3. The Bertz CT molecular complexity index is 178. The highest BCUT2D eigenvalue weighted by Crippen LogP contribution is 1.93. The smallest absolute Gasteiger partial charge is 0.267 e. The summed E-state index contributed by atoms with van der Waals surface area (Å²) >= 11 is 0. The fraction of sp³-hybridized carbons (Fsp3) is 0.600. The van der Waals surface area contributed by atoms with Gasteiger partial charge in [-0.05, 0) is 13.8 Å². The molecule has 0 aromatic heterocycles. The van der Waals surface area contributed by atoms with Crippen LogP contribution in [0.4, 0.5) is 0 Å². The summed E-state index contributed by atoms with van der Waals surface area (Å²) in [5.41, 5.74) is 0. The molecule has 0 heterocycles. The van der Waals surface area contributed by atoms with Crippen LogP contribution in [0.2, 0.25) is 0 Å². The first kappa shape index (κ1) is 8.65. The lowest BCUT2D eigenvalue weighted by Gasteiger charge is -1.93. The van der Waals surface area contributed by atoms with Gasteiger partial charge in [0.15, 0.2) is 0 Å². The van der Waals surface area contributed by atoms with Gasteiger partial charge < -0.3 is 0 Å². The van der Waals surface area contributed by atoms with E-state index in [1.807, 2.05) is 0 Å². The Hall–Kier alpha value is -0.350. The first-order valence-electron chi connectivity index (χ1n) is 2.64. The van der Waals surface area contributed by atoms with E-state index in [2.05, 4.69) is 4.18 Å². The van der Waals surface area contributed by atoms with E-state index in [0.29, 0.717) is 0 Å². The predicted octanol–water partition coefficient (Wildman–Crippen LogP) is 0.886. The minimum atomic E-state index is -3.36. The lowest BCUT2D eigenvalue weighted by Crippen LogP contribution is -1.99. The Morgan fingerprint density at radius 2 is 2.11 bits per heavy atom. The number of hydrogen-bond acceptors (Lipinski definition) is 3. The van der Waals surface area contributed by atoms with E-state index < -0.39 is 10.1 Å². The summed E-state index contributed by atoms with van der Waals surface area (Å²) in [6.45, 7) is 3.43. The first-order valence-corrected chi connectivity index (χ1v) is 4.11. The molecule has 0 saturated carbocycles. The minimum Gasteiger partial charge on any atom is -0.267 e. The zero-order chi connectivity index (χ0) is 7.33. The summed E-state index contributed by atoms with van der Waals surface area (Å²) in [5.74, 6) is 0. The zero-order valence-electron chi connectivity index (χ0n) is 5.49. The van der Waals surface area contributed by atoms with E-state index >= 15 is 0 Å². The highest BCUT2D eigenvalue weighted by atomic mass is 32.2. The van der Waals surface area contributed by atoms with Crippen molar-refractivity contribution in [1.29, 1.82) is 0 Å². The standard InChI is InChI=1S/C5H10O3S/c1-3-5-9(6,7)8-4-2/h3,5H,4H2,1-2H3/b5-3+. The molecule has 0 aromatic carbocycles. The number of hydrogen-bond donors (Lipinski definition) is 0. The van der Waals surface area contributed by atoms with Crippen LogP contribution in [-0.4, -0.2) is 15.0 Å². The van der Waals surface area contributed by atoms with Crippen molar-refractivity contribution in [1.82, 2.24) is 0 Å². The Morgan fingerprint density at radius 3 is 2.44 bits per heavy atom. The highest BCUT2D eigenvalue weighted by Gasteiger charge is 2.00. The maximum Gasteiger partial charge on any atom is 0.289 e. The van der Waals surface area contributed by atoms with Gasteiger partial charge in [0.1, 0.15) is 0 Å². The van der Waals surface area contributed by atoms with Crippen LogP contribution in [0.3, 0.4) is 0 Å². The minimum absolute atomic E-state index is 0.187. The molecule has 0 aliphatic carbocycles. The van der Waals surface area contributed by atoms with Gasteiger partial charge in [0.05, 0.1) is 12.0 Å². The topological polar surface area (TPSA) is 43.4 Å². The van der Waals surface area contributed by atoms with Crippen LogP contribution >= 0.6 is 0 Å². The molecule has 3 nitrogen and oxygen atoms in total. The Balaban J connectivity index is 4.05. The van der Waals surface area contributed by atoms with Crippen molar-refractivity contribution in [3.63, 3.8) is 0 Å². The van der Waals surface area contributed by atoms with Crippen molar-refractivity contribution in [3.05, 3.63) is 11.5 Å². The van der Waals surface area contributed by atoms with Gasteiger partial charge in [0.25, 0.3) is 10.1 Å². The Labute approximate surface area is 55.5 Å². The van der Waals surface area contributed by atoms with Gasteiger partial charge in [-0.15, -0.1) is 0 Å². The van der Waals surface area contributed by atoms with Crippen molar-refractivity contribution in [2.24, 2.45) is 0 Å². The maximum absolute atomic E-state index is 10.5. The molecule has 0 fully saturated rings. The van der Waals surface area contributed by atoms with Crippen molar-refractivity contribution in [2.45, 2.75) is 13.8 Å². The van der Waals surface area contributed by atoms with Crippen molar-refractivity contribution >= 4 is 10.1 Å². The molecule has 0 radical (unpaired) electrons. The second kappa shape index (κ2) is 3.63. The predicted molar refractivity (Wildman–Crippen MR) is 35.4 cm³/mol.